The van der Waals surface area contributed by atoms with Gasteiger partial charge in [-0.2, -0.15) is 4.98 Å². The molecule has 0 atom stereocenters. The van der Waals surface area contributed by atoms with Gasteiger partial charge in [0, 0.05) is 32.1 Å². The number of halogens is 1. The van der Waals surface area contributed by atoms with Crippen molar-refractivity contribution >= 4 is 28.5 Å². The second-order valence-corrected chi connectivity index (χ2v) is 5.81. The molecule has 4 heterocycles. The molecule has 0 radical (unpaired) electrons. The van der Waals surface area contributed by atoms with E-state index in [2.05, 4.69) is 29.8 Å². The minimum Gasteiger partial charge on any atom is -0.473 e. The van der Waals surface area contributed by atoms with Crippen molar-refractivity contribution in [2.45, 2.75) is 18.9 Å². The van der Waals surface area contributed by atoms with E-state index in [1.54, 1.807) is 12.5 Å². The third kappa shape index (κ3) is 2.92. The Morgan fingerprint density at radius 3 is 2.91 bits per heavy atom. The van der Waals surface area contributed by atoms with Crippen molar-refractivity contribution in [3.05, 3.63) is 36.1 Å². The number of anilines is 1. The van der Waals surface area contributed by atoms with Crippen molar-refractivity contribution in [3.63, 3.8) is 0 Å². The van der Waals surface area contributed by atoms with E-state index in [1.807, 2.05) is 12.3 Å². The highest BCUT2D eigenvalue weighted by Gasteiger charge is 2.23. The van der Waals surface area contributed by atoms with E-state index >= 15 is 0 Å². The van der Waals surface area contributed by atoms with Crippen LogP contribution in [-0.2, 0) is 0 Å². The van der Waals surface area contributed by atoms with Crippen LogP contribution in [0.15, 0.2) is 31.0 Å². The molecule has 0 bridgehead atoms. The fourth-order valence-electron chi connectivity index (χ4n) is 2.85. The summed E-state index contributed by atoms with van der Waals surface area (Å²) in [5.41, 5.74) is 0.863. The third-order valence-electron chi connectivity index (χ3n) is 3.94. The van der Waals surface area contributed by atoms with E-state index in [4.69, 9.17) is 16.3 Å². The molecule has 1 fully saturated rings. The van der Waals surface area contributed by atoms with Crippen LogP contribution in [-0.4, -0.2) is 44.1 Å². The molecule has 1 aliphatic rings. The average Bonchev–Trinajstić information content (AvgIpc) is 3.04. The molecule has 3 aromatic rings. The lowest BCUT2D eigenvalue weighted by molar-refractivity contribution is 0.163. The summed E-state index contributed by atoms with van der Waals surface area (Å²) in [4.78, 5) is 22.2. The molecule has 0 amide bonds. The van der Waals surface area contributed by atoms with Crippen molar-refractivity contribution in [1.29, 1.82) is 0 Å². The number of rotatable bonds is 3. The second kappa shape index (κ2) is 6.00. The third-order valence-corrected chi connectivity index (χ3v) is 4.13. The number of aromatic nitrogens is 5. The second-order valence-electron chi connectivity index (χ2n) is 5.42. The van der Waals surface area contributed by atoms with Gasteiger partial charge in [0.25, 0.3) is 0 Å². The van der Waals surface area contributed by atoms with Gasteiger partial charge < -0.3 is 14.6 Å². The molecule has 1 N–H and O–H groups in total. The van der Waals surface area contributed by atoms with E-state index in [0.29, 0.717) is 11.0 Å². The van der Waals surface area contributed by atoms with E-state index in [1.165, 1.54) is 6.20 Å². The van der Waals surface area contributed by atoms with Crippen LogP contribution in [0.25, 0.3) is 11.0 Å². The molecule has 0 saturated carbocycles. The first-order chi connectivity index (χ1) is 11.3. The minimum atomic E-state index is 0.113. The maximum atomic E-state index is 5.87. The van der Waals surface area contributed by atoms with E-state index in [0.717, 1.165) is 42.8 Å². The van der Waals surface area contributed by atoms with Crippen molar-refractivity contribution in [3.8, 4) is 5.88 Å². The van der Waals surface area contributed by atoms with Crippen LogP contribution in [0.2, 0.25) is 5.15 Å². The molecule has 4 rings (SSSR count). The van der Waals surface area contributed by atoms with Crippen LogP contribution in [0.5, 0.6) is 5.88 Å². The molecule has 0 aromatic carbocycles. The van der Waals surface area contributed by atoms with E-state index in [-0.39, 0.29) is 6.10 Å². The zero-order valence-corrected chi connectivity index (χ0v) is 13.1. The summed E-state index contributed by atoms with van der Waals surface area (Å²) in [6.07, 6.45) is 8.46. The van der Waals surface area contributed by atoms with Gasteiger partial charge in [-0.25, -0.2) is 9.97 Å². The molecule has 0 unspecified atom stereocenters. The largest absolute Gasteiger partial charge is 0.473 e. The number of nitrogens with one attached hydrogen (secondary N) is 1. The number of aromatic amines is 1. The number of ether oxygens (including phenoxy) is 1. The summed E-state index contributed by atoms with van der Waals surface area (Å²) < 4.78 is 5.87. The van der Waals surface area contributed by atoms with Gasteiger partial charge in [0.2, 0.25) is 5.88 Å². The summed E-state index contributed by atoms with van der Waals surface area (Å²) >= 11 is 5.83. The number of fused-ring (bicyclic) bond motifs is 1. The van der Waals surface area contributed by atoms with Crippen LogP contribution < -0.4 is 9.64 Å². The molecule has 7 nitrogen and oxygen atoms in total. The first kappa shape index (κ1) is 14.2. The molecular weight excluding hydrogens is 316 g/mol. The topological polar surface area (TPSA) is 79.8 Å². The van der Waals surface area contributed by atoms with Gasteiger partial charge >= 0.3 is 0 Å². The van der Waals surface area contributed by atoms with E-state index < -0.39 is 0 Å². The highest BCUT2D eigenvalue weighted by molar-refractivity contribution is 6.29. The minimum absolute atomic E-state index is 0.113. The summed E-state index contributed by atoms with van der Waals surface area (Å²) in [6.45, 7) is 1.74. The number of piperidine rings is 1. The summed E-state index contributed by atoms with van der Waals surface area (Å²) in [7, 11) is 0. The van der Waals surface area contributed by atoms with Crippen molar-refractivity contribution < 1.29 is 4.74 Å². The Morgan fingerprint density at radius 1 is 1.22 bits per heavy atom. The molecule has 23 heavy (non-hydrogen) atoms. The molecule has 1 aliphatic heterocycles. The average molecular weight is 331 g/mol. The molecule has 8 heteroatoms. The molecule has 3 aromatic heterocycles. The maximum absolute atomic E-state index is 5.87. The van der Waals surface area contributed by atoms with Crippen molar-refractivity contribution in [1.82, 2.24) is 24.9 Å². The van der Waals surface area contributed by atoms with Gasteiger partial charge in [-0.05, 0) is 6.07 Å². The molecule has 1 saturated heterocycles. The molecule has 118 valence electrons. The van der Waals surface area contributed by atoms with Crippen LogP contribution in [0.3, 0.4) is 0 Å². The highest BCUT2D eigenvalue weighted by atomic mass is 35.5. The Morgan fingerprint density at radius 2 is 2.09 bits per heavy atom. The standard InChI is InChI=1S/C15H15ClN6O/c16-12-7-17-8-13(21-12)23-10-2-5-22(6-3-10)15-11-1-4-18-14(11)19-9-20-15/h1,4,7-10H,2-3,5-6H2,(H,18,19,20). The Hall–Kier alpha value is -2.41. The Kier molecular flexibility index (Phi) is 3.70. The predicted octanol–water partition coefficient (Wildman–Crippen LogP) is 2.45. The highest BCUT2D eigenvalue weighted by Crippen LogP contribution is 2.26. The summed E-state index contributed by atoms with van der Waals surface area (Å²) in [5.74, 6) is 1.45. The van der Waals surface area contributed by atoms with Crippen molar-refractivity contribution in [2.24, 2.45) is 0 Å². The Bertz CT molecular complexity index is 814. The lowest BCUT2D eigenvalue weighted by Gasteiger charge is -2.32. The molecular formula is C15H15ClN6O. The summed E-state index contributed by atoms with van der Waals surface area (Å²) in [5, 5.41) is 1.39. The quantitative estimate of drug-likeness (QED) is 0.794. The van der Waals surface area contributed by atoms with Crippen molar-refractivity contribution in [2.75, 3.05) is 18.0 Å². The van der Waals surface area contributed by atoms with Gasteiger partial charge in [-0.3, -0.25) is 4.98 Å². The fraction of sp³-hybridized carbons (Fsp3) is 0.333. The van der Waals surface area contributed by atoms with Gasteiger partial charge in [0.1, 0.15) is 23.9 Å². The Labute approximate surface area is 137 Å². The SMILES string of the molecule is Clc1cncc(OC2CCN(c3ncnc4[nH]ccc34)CC2)n1. The van der Waals surface area contributed by atoms with E-state index in [9.17, 15) is 0 Å². The van der Waals surface area contributed by atoms with Gasteiger partial charge in [0.05, 0.1) is 17.8 Å². The number of nitrogens with zero attached hydrogens (tertiary/aromatic N) is 5. The predicted molar refractivity (Wildman–Crippen MR) is 86.8 cm³/mol. The zero-order chi connectivity index (χ0) is 15.6. The molecule has 0 spiro atoms. The summed E-state index contributed by atoms with van der Waals surface area (Å²) in [6, 6.07) is 2.01. The lowest BCUT2D eigenvalue weighted by atomic mass is 10.1. The monoisotopic (exact) mass is 330 g/mol. The van der Waals surface area contributed by atoms with Gasteiger partial charge in [-0.15, -0.1) is 0 Å². The first-order valence-corrected chi connectivity index (χ1v) is 7.84. The van der Waals surface area contributed by atoms with Crippen LogP contribution in [0, 0.1) is 0 Å². The number of hydrogen-bond donors (Lipinski definition) is 1. The molecule has 0 aliphatic carbocycles. The lowest BCUT2D eigenvalue weighted by Crippen LogP contribution is -2.38. The number of H-pyrrole nitrogens is 1. The van der Waals surface area contributed by atoms with Crippen LogP contribution >= 0.6 is 11.6 Å². The van der Waals surface area contributed by atoms with Crippen LogP contribution in [0.4, 0.5) is 5.82 Å². The first-order valence-electron chi connectivity index (χ1n) is 7.47. The smallest absolute Gasteiger partial charge is 0.234 e. The maximum Gasteiger partial charge on any atom is 0.234 e. The zero-order valence-electron chi connectivity index (χ0n) is 12.3. The fourth-order valence-corrected chi connectivity index (χ4v) is 2.99. The van der Waals surface area contributed by atoms with Gasteiger partial charge in [-0.1, -0.05) is 11.6 Å². The number of hydrogen-bond acceptors (Lipinski definition) is 6. The normalized spacial score (nSPS) is 16.0. The van der Waals surface area contributed by atoms with Gasteiger partial charge in [0.15, 0.2) is 5.15 Å². The van der Waals surface area contributed by atoms with Crippen LogP contribution in [0.1, 0.15) is 12.8 Å². The Balaban J connectivity index is 1.44.